The van der Waals surface area contributed by atoms with Gasteiger partial charge in [-0.25, -0.2) is 0 Å². The molecule has 0 fully saturated rings. The number of hydrogen-bond donors (Lipinski definition) is 3. The lowest BCUT2D eigenvalue weighted by molar-refractivity contribution is -0.124. The Hall–Kier alpha value is -1.10. The van der Waals surface area contributed by atoms with Gasteiger partial charge in [-0.2, -0.15) is 0 Å². The van der Waals surface area contributed by atoms with Gasteiger partial charge in [-0.15, -0.1) is 0 Å². The van der Waals surface area contributed by atoms with Crippen molar-refractivity contribution in [2.45, 2.75) is 46.6 Å². The van der Waals surface area contributed by atoms with E-state index in [2.05, 4.69) is 10.6 Å². The molecule has 0 spiro atoms. The van der Waals surface area contributed by atoms with Crippen molar-refractivity contribution in [3.8, 4) is 0 Å². The van der Waals surface area contributed by atoms with Crippen LogP contribution in [0.2, 0.25) is 0 Å². The first-order valence-corrected chi connectivity index (χ1v) is 6.09. The summed E-state index contributed by atoms with van der Waals surface area (Å²) >= 11 is 0. The zero-order valence-electron chi connectivity index (χ0n) is 11.3. The van der Waals surface area contributed by atoms with Crippen molar-refractivity contribution in [2.75, 3.05) is 13.1 Å². The maximum Gasteiger partial charge on any atom is 0.237 e. The van der Waals surface area contributed by atoms with Crippen molar-refractivity contribution < 1.29 is 9.59 Å². The Morgan fingerprint density at radius 3 is 2.24 bits per heavy atom. The number of hydrogen-bond acceptors (Lipinski definition) is 3. The predicted molar refractivity (Wildman–Crippen MR) is 68.4 cm³/mol. The minimum atomic E-state index is -0.554. The molecule has 0 aliphatic heterocycles. The van der Waals surface area contributed by atoms with Crippen LogP contribution in [-0.4, -0.2) is 30.9 Å². The van der Waals surface area contributed by atoms with E-state index in [1.165, 1.54) is 0 Å². The summed E-state index contributed by atoms with van der Waals surface area (Å²) in [4.78, 5) is 22.9. The van der Waals surface area contributed by atoms with E-state index in [4.69, 9.17) is 5.73 Å². The van der Waals surface area contributed by atoms with Crippen LogP contribution in [-0.2, 0) is 9.59 Å². The van der Waals surface area contributed by atoms with Crippen molar-refractivity contribution in [1.82, 2.24) is 10.6 Å². The van der Waals surface area contributed by atoms with Gasteiger partial charge in [0.15, 0.2) is 0 Å². The van der Waals surface area contributed by atoms with Crippen LogP contribution in [0.4, 0.5) is 0 Å². The molecule has 0 radical (unpaired) electrons. The van der Waals surface area contributed by atoms with Crippen LogP contribution in [0.15, 0.2) is 0 Å². The van der Waals surface area contributed by atoms with Crippen LogP contribution in [0.1, 0.15) is 40.5 Å². The fourth-order valence-electron chi connectivity index (χ4n) is 1.16. The molecule has 0 aliphatic carbocycles. The van der Waals surface area contributed by atoms with Gasteiger partial charge in [-0.05, 0) is 11.8 Å². The lowest BCUT2D eigenvalue weighted by Gasteiger charge is -2.25. The number of carbonyl (C=O) groups excluding carboxylic acids is 2. The second-order valence-electron chi connectivity index (χ2n) is 5.23. The Morgan fingerprint density at radius 1 is 1.18 bits per heavy atom. The minimum Gasteiger partial charge on any atom is -0.356 e. The average molecular weight is 243 g/mol. The van der Waals surface area contributed by atoms with E-state index in [-0.39, 0.29) is 17.2 Å². The highest BCUT2D eigenvalue weighted by Gasteiger charge is 2.26. The maximum atomic E-state index is 11.6. The van der Waals surface area contributed by atoms with Gasteiger partial charge in [0.05, 0.1) is 6.04 Å². The molecule has 1 unspecified atom stereocenters. The Bertz CT molecular complexity index is 259. The van der Waals surface area contributed by atoms with Gasteiger partial charge in [0, 0.05) is 19.5 Å². The molecule has 0 aromatic rings. The van der Waals surface area contributed by atoms with Crippen molar-refractivity contribution in [2.24, 2.45) is 11.1 Å². The third kappa shape index (κ3) is 6.94. The molecule has 2 amide bonds. The molecule has 0 saturated heterocycles. The van der Waals surface area contributed by atoms with E-state index < -0.39 is 6.04 Å². The molecule has 4 N–H and O–H groups in total. The fourth-order valence-corrected chi connectivity index (χ4v) is 1.16. The Morgan fingerprint density at radius 2 is 1.76 bits per heavy atom. The molecule has 0 heterocycles. The lowest BCUT2D eigenvalue weighted by atomic mass is 9.87. The highest BCUT2D eigenvalue weighted by Crippen LogP contribution is 2.16. The molecule has 5 heteroatoms. The first-order valence-electron chi connectivity index (χ1n) is 6.09. The predicted octanol–water partition coefficient (Wildman–Crippen LogP) is 0.392. The standard InChI is InChI=1S/C12H25N3O2/c1-5-7-14-9(16)6-8-15-11(17)10(13)12(2,3)4/h10H,5-8,13H2,1-4H3,(H,14,16)(H,15,17). The molecule has 17 heavy (non-hydrogen) atoms. The van der Waals surface area contributed by atoms with Gasteiger partial charge < -0.3 is 16.4 Å². The number of nitrogens with two attached hydrogens (primary N) is 1. The monoisotopic (exact) mass is 243 g/mol. The van der Waals surface area contributed by atoms with Crippen molar-refractivity contribution >= 4 is 11.8 Å². The molecule has 0 aromatic heterocycles. The van der Waals surface area contributed by atoms with Crippen LogP contribution in [0.3, 0.4) is 0 Å². The molecule has 0 bridgehead atoms. The van der Waals surface area contributed by atoms with E-state index in [1.54, 1.807) is 0 Å². The van der Waals surface area contributed by atoms with E-state index in [9.17, 15) is 9.59 Å². The van der Waals surface area contributed by atoms with Crippen LogP contribution in [0.5, 0.6) is 0 Å². The highest BCUT2D eigenvalue weighted by molar-refractivity contribution is 5.83. The highest BCUT2D eigenvalue weighted by atomic mass is 16.2. The van der Waals surface area contributed by atoms with E-state index >= 15 is 0 Å². The Balaban J connectivity index is 3.82. The van der Waals surface area contributed by atoms with Gasteiger partial charge >= 0.3 is 0 Å². The molecule has 0 saturated carbocycles. The first kappa shape index (κ1) is 15.9. The summed E-state index contributed by atoms with van der Waals surface area (Å²) in [6, 6.07) is -0.554. The molecule has 100 valence electrons. The normalized spacial score (nSPS) is 13.0. The number of carbonyl (C=O) groups is 2. The van der Waals surface area contributed by atoms with Gasteiger partial charge in [0.2, 0.25) is 11.8 Å². The zero-order chi connectivity index (χ0) is 13.5. The quantitative estimate of drug-likeness (QED) is 0.631. The minimum absolute atomic E-state index is 0.0449. The molecule has 5 nitrogen and oxygen atoms in total. The lowest BCUT2D eigenvalue weighted by Crippen LogP contribution is -2.49. The topological polar surface area (TPSA) is 84.2 Å². The largest absolute Gasteiger partial charge is 0.356 e. The second kappa shape index (κ2) is 7.27. The van der Waals surface area contributed by atoms with Crippen LogP contribution < -0.4 is 16.4 Å². The SMILES string of the molecule is CCCNC(=O)CCNC(=O)C(N)C(C)(C)C. The fraction of sp³-hybridized carbons (Fsp3) is 0.833. The summed E-state index contributed by atoms with van der Waals surface area (Å²) in [5.74, 6) is -0.253. The maximum absolute atomic E-state index is 11.6. The van der Waals surface area contributed by atoms with Crippen molar-refractivity contribution in [1.29, 1.82) is 0 Å². The van der Waals surface area contributed by atoms with E-state index in [1.807, 2.05) is 27.7 Å². The number of amides is 2. The smallest absolute Gasteiger partial charge is 0.237 e. The number of rotatable bonds is 6. The summed E-state index contributed by atoms with van der Waals surface area (Å²) in [7, 11) is 0. The number of nitrogens with one attached hydrogen (secondary N) is 2. The zero-order valence-corrected chi connectivity index (χ0v) is 11.3. The van der Waals surface area contributed by atoms with E-state index in [0.717, 1.165) is 6.42 Å². The summed E-state index contributed by atoms with van der Waals surface area (Å²) in [5.41, 5.74) is 5.51. The third-order valence-electron chi connectivity index (χ3n) is 2.44. The van der Waals surface area contributed by atoms with Crippen molar-refractivity contribution in [3.05, 3.63) is 0 Å². The second-order valence-corrected chi connectivity index (χ2v) is 5.23. The van der Waals surface area contributed by atoms with Gasteiger partial charge in [-0.3, -0.25) is 9.59 Å². The summed E-state index contributed by atoms with van der Waals surface area (Å²) in [6.07, 6.45) is 1.20. The molecule has 0 aromatic carbocycles. The Kier molecular flexibility index (Phi) is 6.80. The summed E-state index contributed by atoms with van der Waals surface area (Å²) in [5, 5.41) is 5.42. The van der Waals surface area contributed by atoms with E-state index in [0.29, 0.717) is 19.5 Å². The summed E-state index contributed by atoms with van der Waals surface area (Å²) < 4.78 is 0. The van der Waals surface area contributed by atoms with Crippen LogP contribution in [0, 0.1) is 5.41 Å². The van der Waals surface area contributed by atoms with Gasteiger partial charge in [-0.1, -0.05) is 27.7 Å². The van der Waals surface area contributed by atoms with Crippen molar-refractivity contribution in [3.63, 3.8) is 0 Å². The molecule has 0 rings (SSSR count). The molecular formula is C12H25N3O2. The summed E-state index contributed by atoms with van der Waals surface area (Å²) in [6.45, 7) is 8.72. The molecule has 1 atom stereocenters. The Labute approximate surface area is 104 Å². The van der Waals surface area contributed by atoms with Gasteiger partial charge in [0.1, 0.15) is 0 Å². The van der Waals surface area contributed by atoms with Crippen LogP contribution >= 0.6 is 0 Å². The average Bonchev–Trinajstić information content (AvgIpc) is 2.23. The van der Waals surface area contributed by atoms with Gasteiger partial charge in [0.25, 0.3) is 0 Å². The third-order valence-corrected chi connectivity index (χ3v) is 2.44. The molecular weight excluding hydrogens is 218 g/mol. The first-order chi connectivity index (χ1) is 7.79. The molecule has 0 aliphatic rings. The van der Waals surface area contributed by atoms with Crippen LogP contribution in [0.25, 0.3) is 0 Å².